The Hall–Kier alpha value is -4.49. The van der Waals surface area contributed by atoms with Gasteiger partial charge in [0.25, 0.3) is 0 Å². The van der Waals surface area contributed by atoms with Crippen LogP contribution in [0.2, 0.25) is 0 Å². The smallest absolute Gasteiger partial charge is 0.407 e. The zero-order valence-electron chi connectivity index (χ0n) is 24.8. The molecule has 2 rings (SSSR count). The quantitative estimate of drug-likeness (QED) is 0.190. The number of hydrogen-bond donors (Lipinski definition) is 1. The number of alkyl carbamates (subject to hydrolysis) is 1. The number of hydrogen-bond acceptors (Lipinski definition) is 9. The highest BCUT2D eigenvalue weighted by molar-refractivity contribution is 5.84. The lowest BCUT2D eigenvalue weighted by atomic mass is 9.89. The summed E-state index contributed by atoms with van der Waals surface area (Å²) in [6.45, 7) is 13.3. The van der Waals surface area contributed by atoms with Gasteiger partial charge < -0.3 is 24.4 Å². The standard InChI is InChI=1S/C31H39N5O5/c1-7-30(3,4)28(37)39-18-15-35-29(38)40-17-10-9-16-36(8-2)24-13-11-22(12-14-24)26-25(21-34)27(23(19-32)20-33)41-31(26,5)6/h11-14H,7-10,15-18H2,1-6H3,(H,35,38). The van der Waals surface area contributed by atoms with Crippen molar-refractivity contribution >= 4 is 23.3 Å². The number of nitrogens with zero attached hydrogens (tertiary/aromatic N) is 4. The predicted octanol–water partition coefficient (Wildman–Crippen LogP) is 5.39. The minimum Gasteiger partial charge on any atom is -0.480 e. The SMILES string of the molecule is CCN(CCCCOC(=O)NCCOC(=O)C(C)(C)CC)c1ccc(C2=C(C#N)C(=C(C#N)C#N)OC2(C)C)cc1. The van der Waals surface area contributed by atoms with Crippen molar-refractivity contribution in [1.29, 1.82) is 15.8 Å². The fraction of sp³-hybridized carbons (Fsp3) is 0.516. The first-order chi connectivity index (χ1) is 19.4. The van der Waals surface area contributed by atoms with E-state index in [1.807, 2.05) is 57.2 Å². The average Bonchev–Trinajstić information content (AvgIpc) is 3.23. The maximum Gasteiger partial charge on any atom is 0.407 e. The Morgan fingerprint density at radius 3 is 2.24 bits per heavy atom. The molecule has 1 heterocycles. The summed E-state index contributed by atoms with van der Waals surface area (Å²) in [6, 6.07) is 13.5. The lowest BCUT2D eigenvalue weighted by molar-refractivity contribution is -0.153. The number of unbranched alkanes of at least 4 members (excludes halogenated alkanes) is 1. The number of esters is 1. The minimum atomic E-state index is -0.881. The fourth-order valence-electron chi connectivity index (χ4n) is 4.24. The van der Waals surface area contributed by atoms with Crippen LogP contribution in [0.3, 0.4) is 0 Å². The Balaban J connectivity index is 1.88. The molecule has 0 unspecified atom stereocenters. The molecule has 1 aliphatic heterocycles. The molecule has 1 N–H and O–H groups in total. The van der Waals surface area contributed by atoms with Crippen molar-refractivity contribution in [2.24, 2.45) is 5.41 Å². The van der Waals surface area contributed by atoms with E-state index in [9.17, 15) is 25.4 Å². The van der Waals surface area contributed by atoms with E-state index in [0.29, 0.717) is 18.4 Å². The lowest BCUT2D eigenvalue weighted by Gasteiger charge is -2.25. The first kappa shape index (κ1) is 32.7. The number of benzene rings is 1. The molecule has 1 aromatic carbocycles. The zero-order chi connectivity index (χ0) is 30.6. The third-order valence-electron chi connectivity index (χ3n) is 7.00. The Labute approximate surface area is 242 Å². The average molecular weight is 562 g/mol. The molecule has 10 heteroatoms. The van der Waals surface area contributed by atoms with Gasteiger partial charge in [0.15, 0.2) is 11.3 Å². The summed E-state index contributed by atoms with van der Waals surface area (Å²) in [5.41, 5.74) is 0.950. The summed E-state index contributed by atoms with van der Waals surface area (Å²) in [4.78, 5) is 26.0. The van der Waals surface area contributed by atoms with Crippen LogP contribution >= 0.6 is 0 Å². The van der Waals surface area contributed by atoms with Gasteiger partial charge >= 0.3 is 12.1 Å². The van der Waals surface area contributed by atoms with E-state index >= 15 is 0 Å². The molecule has 10 nitrogen and oxygen atoms in total. The number of rotatable bonds is 13. The fourth-order valence-corrected chi connectivity index (χ4v) is 4.24. The molecule has 0 bridgehead atoms. The van der Waals surface area contributed by atoms with Gasteiger partial charge in [0.05, 0.1) is 18.6 Å². The van der Waals surface area contributed by atoms with Crippen molar-refractivity contribution in [3.05, 3.63) is 46.7 Å². The highest BCUT2D eigenvalue weighted by Gasteiger charge is 2.40. The second kappa shape index (κ2) is 14.8. The number of amides is 1. The molecule has 1 aromatic rings. The Morgan fingerprint density at radius 1 is 1.02 bits per heavy atom. The Morgan fingerprint density at radius 2 is 1.68 bits per heavy atom. The number of allylic oxidation sites excluding steroid dienone is 2. The number of anilines is 1. The van der Waals surface area contributed by atoms with Gasteiger partial charge in [-0.05, 0) is 71.6 Å². The second-order valence-corrected chi connectivity index (χ2v) is 10.7. The van der Waals surface area contributed by atoms with Crippen molar-refractivity contribution in [2.75, 3.05) is 37.7 Å². The van der Waals surface area contributed by atoms with E-state index in [4.69, 9.17) is 14.2 Å². The van der Waals surface area contributed by atoms with Gasteiger partial charge in [-0.25, -0.2) is 4.79 Å². The van der Waals surface area contributed by atoms with Gasteiger partial charge in [0.2, 0.25) is 0 Å². The van der Waals surface area contributed by atoms with Gasteiger partial charge in [-0.2, -0.15) is 15.8 Å². The topological polar surface area (TPSA) is 148 Å². The number of nitrogens with one attached hydrogen (secondary N) is 1. The van der Waals surface area contributed by atoms with Crippen molar-refractivity contribution in [2.45, 2.75) is 66.4 Å². The van der Waals surface area contributed by atoms with Crippen molar-refractivity contribution in [1.82, 2.24) is 5.32 Å². The van der Waals surface area contributed by atoms with Crippen LogP contribution in [0.4, 0.5) is 10.5 Å². The number of nitriles is 3. The first-order valence-electron chi connectivity index (χ1n) is 13.8. The number of carbonyl (C=O) groups is 2. The van der Waals surface area contributed by atoms with Crippen molar-refractivity contribution < 1.29 is 23.8 Å². The first-order valence-corrected chi connectivity index (χ1v) is 13.8. The van der Waals surface area contributed by atoms with Gasteiger partial charge in [0, 0.05) is 24.4 Å². The van der Waals surface area contributed by atoms with Crippen LogP contribution in [-0.2, 0) is 19.0 Å². The summed E-state index contributed by atoms with van der Waals surface area (Å²) in [5.74, 6) is -0.270. The monoisotopic (exact) mass is 561 g/mol. The van der Waals surface area contributed by atoms with Crippen LogP contribution in [0.5, 0.6) is 0 Å². The van der Waals surface area contributed by atoms with E-state index in [-0.39, 0.29) is 42.6 Å². The molecular weight excluding hydrogens is 522 g/mol. The van der Waals surface area contributed by atoms with Crippen LogP contribution in [0.25, 0.3) is 5.57 Å². The van der Waals surface area contributed by atoms with E-state index in [2.05, 4.69) is 23.2 Å². The molecular formula is C31H39N5O5. The van der Waals surface area contributed by atoms with Gasteiger partial charge in [-0.15, -0.1) is 0 Å². The molecule has 0 aromatic heterocycles. The minimum absolute atomic E-state index is 0.0205. The third kappa shape index (κ3) is 8.50. The largest absolute Gasteiger partial charge is 0.480 e. The maximum atomic E-state index is 11.9. The van der Waals surface area contributed by atoms with E-state index in [1.54, 1.807) is 13.8 Å². The molecule has 0 saturated carbocycles. The summed E-state index contributed by atoms with van der Waals surface area (Å²) in [5, 5.41) is 31.0. The van der Waals surface area contributed by atoms with Crippen LogP contribution in [0.1, 0.15) is 66.4 Å². The van der Waals surface area contributed by atoms with E-state index < -0.39 is 17.1 Å². The van der Waals surface area contributed by atoms with Crippen molar-refractivity contribution in [3.63, 3.8) is 0 Å². The highest BCUT2D eigenvalue weighted by Crippen LogP contribution is 2.45. The Bertz CT molecular complexity index is 1270. The zero-order valence-corrected chi connectivity index (χ0v) is 24.8. The molecule has 0 saturated heterocycles. The third-order valence-corrected chi connectivity index (χ3v) is 7.00. The van der Waals surface area contributed by atoms with Crippen LogP contribution in [0, 0.1) is 39.4 Å². The molecule has 1 aliphatic rings. The highest BCUT2D eigenvalue weighted by atomic mass is 16.6. The van der Waals surface area contributed by atoms with E-state index in [0.717, 1.165) is 30.8 Å². The normalized spacial score (nSPS) is 13.8. The Kier molecular flexibility index (Phi) is 11.8. The molecule has 0 spiro atoms. The maximum absolute atomic E-state index is 11.9. The summed E-state index contributed by atoms with van der Waals surface area (Å²) in [6.07, 6.45) is 1.61. The van der Waals surface area contributed by atoms with Crippen LogP contribution in [0.15, 0.2) is 41.2 Å². The number of ether oxygens (including phenoxy) is 3. The molecule has 0 atom stereocenters. The summed E-state index contributed by atoms with van der Waals surface area (Å²) in [7, 11) is 0. The second-order valence-electron chi connectivity index (χ2n) is 10.7. The van der Waals surface area contributed by atoms with Gasteiger partial charge in [-0.3, -0.25) is 4.79 Å². The molecule has 0 fully saturated rings. The molecule has 1 amide bonds. The summed E-state index contributed by atoms with van der Waals surface area (Å²) >= 11 is 0. The van der Waals surface area contributed by atoms with Gasteiger partial charge in [0.1, 0.15) is 36.0 Å². The lowest BCUT2D eigenvalue weighted by Crippen LogP contribution is -2.32. The van der Waals surface area contributed by atoms with E-state index in [1.165, 1.54) is 0 Å². The van der Waals surface area contributed by atoms with Gasteiger partial charge in [-0.1, -0.05) is 19.1 Å². The molecule has 0 radical (unpaired) electrons. The van der Waals surface area contributed by atoms with Crippen LogP contribution < -0.4 is 10.2 Å². The molecule has 0 aliphatic carbocycles. The molecule has 41 heavy (non-hydrogen) atoms. The van der Waals surface area contributed by atoms with Crippen LogP contribution in [-0.4, -0.2) is 50.5 Å². The van der Waals surface area contributed by atoms with Crippen molar-refractivity contribution in [3.8, 4) is 18.2 Å². The predicted molar refractivity (Wildman–Crippen MR) is 154 cm³/mol. The molecule has 218 valence electrons. The number of carbonyl (C=O) groups excluding carboxylic acids is 2. The summed E-state index contributed by atoms with van der Waals surface area (Å²) < 4.78 is 16.3.